The van der Waals surface area contributed by atoms with Crippen LogP contribution in [0.5, 0.6) is 11.5 Å². The Labute approximate surface area is 151 Å². The van der Waals surface area contributed by atoms with E-state index < -0.39 is 0 Å². The Morgan fingerprint density at radius 3 is 2.44 bits per heavy atom. The molecular weight excluding hydrogens is 312 g/mol. The molecule has 1 aromatic heterocycles. The van der Waals surface area contributed by atoms with E-state index in [-0.39, 0.29) is 0 Å². The van der Waals surface area contributed by atoms with Gasteiger partial charge in [0.2, 0.25) is 0 Å². The van der Waals surface area contributed by atoms with Gasteiger partial charge in [0.15, 0.2) is 11.5 Å². The molecule has 0 unspecified atom stereocenters. The molecule has 2 heterocycles. The highest BCUT2D eigenvalue weighted by molar-refractivity contribution is 5.94. The van der Waals surface area contributed by atoms with Gasteiger partial charge in [0.05, 0.1) is 19.7 Å². The highest BCUT2D eigenvalue weighted by Gasteiger charge is 2.21. The molecule has 2 aromatic rings. The number of methoxy groups -OCH3 is 2. The molecule has 0 saturated carbocycles. The molecule has 1 aliphatic rings. The Morgan fingerprint density at radius 1 is 1.12 bits per heavy atom. The van der Waals surface area contributed by atoms with E-state index in [4.69, 9.17) is 9.47 Å². The van der Waals surface area contributed by atoms with Crippen molar-refractivity contribution >= 4 is 16.6 Å². The maximum atomic E-state index is 5.49. The van der Waals surface area contributed by atoms with Gasteiger partial charge in [-0.2, -0.15) is 0 Å². The van der Waals surface area contributed by atoms with Crippen LogP contribution in [0.15, 0.2) is 24.4 Å². The van der Waals surface area contributed by atoms with Crippen LogP contribution in [-0.4, -0.2) is 32.3 Å². The molecule has 25 heavy (non-hydrogen) atoms. The summed E-state index contributed by atoms with van der Waals surface area (Å²) < 4.78 is 10.9. The summed E-state index contributed by atoms with van der Waals surface area (Å²) >= 11 is 0. The SMILES string of the molecule is COc1cc2nccc(N3CCC(CCC(C)C)CC3)c2cc1OC. The average Bonchev–Trinajstić information content (AvgIpc) is 2.65. The molecule has 0 atom stereocenters. The van der Waals surface area contributed by atoms with E-state index in [0.717, 1.165) is 47.3 Å². The normalized spacial score (nSPS) is 15.8. The number of rotatable bonds is 6. The van der Waals surface area contributed by atoms with Gasteiger partial charge in [-0.3, -0.25) is 4.98 Å². The molecule has 136 valence electrons. The van der Waals surface area contributed by atoms with E-state index in [2.05, 4.69) is 35.9 Å². The molecule has 0 radical (unpaired) electrons. The van der Waals surface area contributed by atoms with E-state index in [1.54, 1.807) is 14.2 Å². The smallest absolute Gasteiger partial charge is 0.162 e. The summed E-state index contributed by atoms with van der Waals surface area (Å²) in [5, 5.41) is 1.14. The molecule has 3 rings (SSSR count). The zero-order chi connectivity index (χ0) is 17.8. The van der Waals surface area contributed by atoms with Crippen molar-refractivity contribution < 1.29 is 9.47 Å². The van der Waals surface area contributed by atoms with Crippen molar-refractivity contribution in [3.8, 4) is 11.5 Å². The van der Waals surface area contributed by atoms with E-state index in [0.29, 0.717) is 0 Å². The minimum atomic E-state index is 0.729. The molecule has 0 aliphatic carbocycles. The molecule has 1 fully saturated rings. The van der Waals surface area contributed by atoms with Crippen LogP contribution in [0.3, 0.4) is 0 Å². The lowest BCUT2D eigenvalue weighted by Gasteiger charge is -2.34. The monoisotopic (exact) mass is 342 g/mol. The fourth-order valence-electron chi connectivity index (χ4n) is 3.77. The van der Waals surface area contributed by atoms with Crippen molar-refractivity contribution in [3.05, 3.63) is 24.4 Å². The van der Waals surface area contributed by atoms with Crippen molar-refractivity contribution in [1.82, 2.24) is 4.98 Å². The van der Waals surface area contributed by atoms with Crippen LogP contribution in [-0.2, 0) is 0 Å². The fourth-order valence-corrected chi connectivity index (χ4v) is 3.77. The van der Waals surface area contributed by atoms with E-state index in [9.17, 15) is 0 Å². The molecule has 1 aliphatic heterocycles. The zero-order valence-electron chi connectivity index (χ0n) is 15.9. The van der Waals surface area contributed by atoms with Gasteiger partial charge in [0.25, 0.3) is 0 Å². The summed E-state index contributed by atoms with van der Waals surface area (Å²) in [5.74, 6) is 3.18. The first-order valence-corrected chi connectivity index (χ1v) is 9.38. The van der Waals surface area contributed by atoms with Gasteiger partial charge in [-0.15, -0.1) is 0 Å². The number of benzene rings is 1. The Morgan fingerprint density at radius 2 is 1.80 bits per heavy atom. The minimum absolute atomic E-state index is 0.729. The zero-order valence-corrected chi connectivity index (χ0v) is 15.9. The topological polar surface area (TPSA) is 34.6 Å². The number of ether oxygens (including phenoxy) is 2. The van der Waals surface area contributed by atoms with Gasteiger partial charge >= 0.3 is 0 Å². The third kappa shape index (κ3) is 4.00. The quantitative estimate of drug-likeness (QED) is 0.747. The summed E-state index contributed by atoms with van der Waals surface area (Å²) in [6.07, 6.45) is 7.18. The Balaban J connectivity index is 1.80. The van der Waals surface area contributed by atoms with Gasteiger partial charge in [-0.1, -0.05) is 26.7 Å². The third-order valence-corrected chi connectivity index (χ3v) is 5.33. The largest absolute Gasteiger partial charge is 0.493 e. The van der Waals surface area contributed by atoms with Crippen LogP contribution in [0.25, 0.3) is 10.9 Å². The standard InChI is InChI=1S/C21H30N2O2/c1-15(2)5-6-16-8-11-23(12-9-16)19-7-10-22-18-14-21(25-4)20(24-3)13-17(18)19/h7,10,13-16H,5-6,8-9,11-12H2,1-4H3. The minimum Gasteiger partial charge on any atom is -0.493 e. The lowest BCUT2D eigenvalue weighted by Crippen LogP contribution is -2.33. The number of hydrogen-bond acceptors (Lipinski definition) is 4. The molecule has 1 aromatic carbocycles. The van der Waals surface area contributed by atoms with Crippen molar-refractivity contribution in [1.29, 1.82) is 0 Å². The first kappa shape index (κ1) is 17.8. The van der Waals surface area contributed by atoms with Crippen LogP contribution >= 0.6 is 0 Å². The van der Waals surface area contributed by atoms with Crippen LogP contribution in [0.1, 0.15) is 39.5 Å². The van der Waals surface area contributed by atoms with Crippen molar-refractivity contribution in [2.75, 3.05) is 32.2 Å². The number of nitrogens with zero attached hydrogens (tertiary/aromatic N) is 2. The van der Waals surface area contributed by atoms with Crippen molar-refractivity contribution in [3.63, 3.8) is 0 Å². The summed E-state index contributed by atoms with van der Waals surface area (Å²) in [4.78, 5) is 7.02. The number of piperidine rings is 1. The molecule has 0 N–H and O–H groups in total. The highest BCUT2D eigenvalue weighted by atomic mass is 16.5. The maximum Gasteiger partial charge on any atom is 0.162 e. The average molecular weight is 342 g/mol. The van der Waals surface area contributed by atoms with Crippen molar-refractivity contribution in [2.45, 2.75) is 39.5 Å². The predicted molar refractivity (Wildman–Crippen MR) is 104 cm³/mol. The molecule has 0 bridgehead atoms. The van der Waals surface area contributed by atoms with E-state index in [1.807, 2.05) is 12.3 Å². The lowest BCUT2D eigenvalue weighted by atomic mass is 9.89. The molecule has 4 nitrogen and oxygen atoms in total. The van der Waals surface area contributed by atoms with Gasteiger partial charge in [-0.05, 0) is 36.8 Å². The molecule has 1 saturated heterocycles. The van der Waals surface area contributed by atoms with E-state index >= 15 is 0 Å². The fraction of sp³-hybridized carbons (Fsp3) is 0.571. The number of aromatic nitrogens is 1. The maximum absolute atomic E-state index is 5.49. The predicted octanol–water partition coefficient (Wildman–Crippen LogP) is 4.90. The first-order valence-electron chi connectivity index (χ1n) is 9.38. The number of pyridine rings is 1. The second kappa shape index (κ2) is 7.94. The number of fused-ring (bicyclic) bond motifs is 1. The summed E-state index contributed by atoms with van der Waals surface area (Å²) in [6.45, 7) is 6.88. The number of anilines is 1. The Hall–Kier alpha value is -1.97. The summed E-state index contributed by atoms with van der Waals surface area (Å²) in [6, 6.07) is 6.15. The third-order valence-electron chi connectivity index (χ3n) is 5.33. The molecule has 4 heteroatoms. The highest BCUT2D eigenvalue weighted by Crippen LogP contribution is 2.37. The molecular formula is C21H30N2O2. The molecule has 0 spiro atoms. The second-order valence-corrected chi connectivity index (χ2v) is 7.46. The van der Waals surface area contributed by atoms with E-state index in [1.165, 1.54) is 31.4 Å². The Bertz CT molecular complexity index is 706. The van der Waals surface area contributed by atoms with Crippen LogP contribution in [0.4, 0.5) is 5.69 Å². The summed E-state index contributed by atoms with van der Waals surface area (Å²) in [5.41, 5.74) is 2.21. The molecule has 0 amide bonds. The lowest BCUT2D eigenvalue weighted by molar-refractivity contribution is 0.351. The van der Waals surface area contributed by atoms with Gasteiger partial charge in [0.1, 0.15) is 0 Å². The summed E-state index contributed by atoms with van der Waals surface area (Å²) in [7, 11) is 3.34. The first-order chi connectivity index (χ1) is 12.1. The van der Waals surface area contributed by atoms with Crippen LogP contribution in [0.2, 0.25) is 0 Å². The Kier molecular flexibility index (Phi) is 5.67. The van der Waals surface area contributed by atoms with Crippen molar-refractivity contribution in [2.24, 2.45) is 11.8 Å². The van der Waals surface area contributed by atoms with Crippen LogP contribution in [0, 0.1) is 11.8 Å². The van der Waals surface area contributed by atoms with Gasteiger partial charge in [-0.25, -0.2) is 0 Å². The number of hydrogen-bond donors (Lipinski definition) is 0. The van der Waals surface area contributed by atoms with Gasteiger partial charge < -0.3 is 14.4 Å². The van der Waals surface area contributed by atoms with Crippen LogP contribution < -0.4 is 14.4 Å². The second-order valence-electron chi connectivity index (χ2n) is 7.46. The van der Waals surface area contributed by atoms with Gasteiger partial charge in [0, 0.05) is 36.4 Å².